The van der Waals surface area contributed by atoms with Gasteiger partial charge in [-0.05, 0) is 35.9 Å². The lowest BCUT2D eigenvalue weighted by Crippen LogP contribution is -2.34. The van der Waals surface area contributed by atoms with Crippen LogP contribution in [-0.4, -0.2) is 21.0 Å². The van der Waals surface area contributed by atoms with Crippen molar-refractivity contribution in [3.8, 4) is 0 Å². The summed E-state index contributed by atoms with van der Waals surface area (Å²) in [6, 6.07) is 11.4. The zero-order chi connectivity index (χ0) is 18.1. The lowest BCUT2D eigenvalue weighted by atomic mass is 10.2. The average Bonchev–Trinajstić information content (AvgIpc) is 2.84. The average molecular weight is 429 g/mol. The van der Waals surface area contributed by atoms with Crippen molar-refractivity contribution in [2.45, 2.75) is 0 Å². The van der Waals surface area contributed by atoms with Crippen LogP contribution in [0.1, 0.15) is 15.9 Å². The van der Waals surface area contributed by atoms with E-state index in [-0.39, 0.29) is 14.9 Å². The highest BCUT2D eigenvalue weighted by atomic mass is 35.5. The van der Waals surface area contributed by atoms with E-state index < -0.39 is 11.8 Å². The second-order valence-corrected chi connectivity index (χ2v) is 7.89. The number of benzene rings is 2. The molecule has 3 nitrogen and oxygen atoms in total. The lowest BCUT2D eigenvalue weighted by Gasteiger charge is -2.13. The summed E-state index contributed by atoms with van der Waals surface area (Å²) in [6.07, 6.45) is 1.58. The summed E-state index contributed by atoms with van der Waals surface area (Å²) in [6.45, 7) is 0. The zero-order valence-corrected chi connectivity index (χ0v) is 16.2. The van der Waals surface area contributed by atoms with Crippen LogP contribution in [0, 0.1) is 0 Å². The summed E-state index contributed by atoms with van der Waals surface area (Å²) in [5, 5.41) is 1.14. The maximum atomic E-state index is 12.6. The van der Waals surface area contributed by atoms with E-state index in [2.05, 4.69) is 0 Å². The number of imide groups is 1. The molecule has 1 saturated heterocycles. The number of amides is 2. The molecule has 1 fully saturated rings. The van der Waals surface area contributed by atoms with Crippen LogP contribution in [0.5, 0.6) is 0 Å². The normalized spacial score (nSPS) is 16.0. The molecule has 0 N–H and O–H groups in total. The SMILES string of the molecule is O=C1/C(=C\c2ccc(Cl)cc2Cl)SC(=S)N1C(=O)c1ccccc1Cl. The van der Waals surface area contributed by atoms with Crippen molar-refractivity contribution in [1.29, 1.82) is 0 Å². The van der Waals surface area contributed by atoms with Crippen molar-refractivity contribution in [3.63, 3.8) is 0 Å². The number of halogens is 3. The molecule has 2 aromatic carbocycles. The van der Waals surface area contributed by atoms with Crippen LogP contribution in [0.2, 0.25) is 15.1 Å². The number of carbonyl (C=O) groups is 2. The number of carbonyl (C=O) groups excluding carboxylic acids is 2. The van der Waals surface area contributed by atoms with E-state index in [0.29, 0.717) is 20.5 Å². The minimum atomic E-state index is -0.557. The monoisotopic (exact) mass is 427 g/mol. The van der Waals surface area contributed by atoms with Crippen LogP contribution >= 0.6 is 58.8 Å². The smallest absolute Gasteiger partial charge is 0.268 e. The molecule has 0 atom stereocenters. The van der Waals surface area contributed by atoms with Gasteiger partial charge in [-0.1, -0.05) is 77.0 Å². The molecule has 1 aliphatic heterocycles. The van der Waals surface area contributed by atoms with Gasteiger partial charge >= 0.3 is 0 Å². The highest BCUT2D eigenvalue weighted by molar-refractivity contribution is 8.26. The third-order valence-electron chi connectivity index (χ3n) is 3.35. The summed E-state index contributed by atoms with van der Waals surface area (Å²) >= 11 is 24.3. The molecule has 1 heterocycles. The van der Waals surface area contributed by atoms with Gasteiger partial charge in [0.2, 0.25) is 0 Å². The predicted octanol–water partition coefficient (Wildman–Crippen LogP) is 5.69. The molecule has 0 unspecified atom stereocenters. The van der Waals surface area contributed by atoms with Crippen molar-refractivity contribution in [2.75, 3.05) is 0 Å². The van der Waals surface area contributed by atoms with Gasteiger partial charge in [-0.2, -0.15) is 0 Å². The zero-order valence-electron chi connectivity index (χ0n) is 12.3. The highest BCUT2D eigenvalue weighted by Crippen LogP contribution is 2.35. The van der Waals surface area contributed by atoms with E-state index in [1.165, 1.54) is 0 Å². The van der Waals surface area contributed by atoms with Gasteiger partial charge in [0.25, 0.3) is 11.8 Å². The third kappa shape index (κ3) is 3.76. The van der Waals surface area contributed by atoms with Gasteiger partial charge in [-0.25, -0.2) is 4.90 Å². The van der Waals surface area contributed by atoms with Gasteiger partial charge in [0.1, 0.15) is 0 Å². The minimum absolute atomic E-state index is 0.145. The molecule has 1 aliphatic rings. The number of rotatable bonds is 2. The molecule has 126 valence electrons. The Morgan fingerprint density at radius 3 is 2.48 bits per heavy atom. The number of thioether (sulfide) groups is 1. The third-order valence-corrected chi connectivity index (χ3v) is 5.54. The van der Waals surface area contributed by atoms with E-state index in [0.717, 1.165) is 16.7 Å². The van der Waals surface area contributed by atoms with E-state index in [4.69, 9.17) is 47.0 Å². The summed E-state index contributed by atoms with van der Waals surface area (Å²) < 4.78 is 0.145. The first-order valence-electron chi connectivity index (χ1n) is 6.90. The Hall–Kier alpha value is -1.37. The van der Waals surface area contributed by atoms with Gasteiger partial charge < -0.3 is 0 Å². The Balaban J connectivity index is 1.94. The second-order valence-electron chi connectivity index (χ2n) is 4.97. The first-order valence-corrected chi connectivity index (χ1v) is 9.26. The molecular weight excluding hydrogens is 421 g/mol. The van der Waals surface area contributed by atoms with Crippen molar-refractivity contribution in [3.05, 3.63) is 73.6 Å². The molecule has 0 radical (unpaired) electrons. The Bertz CT molecular complexity index is 943. The fourth-order valence-electron chi connectivity index (χ4n) is 2.16. The molecule has 0 bridgehead atoms. The molecule has 25 heavy (non-hydrogen) atoms. The summed E-state index contributed by atoms with van der Waals surface area (Å²) in [5.41, 5.74) is 0.822. The van der Waals surface area contributed by atoms with Crippen LogP contribution in [0.3, 0.4) is 0 Å². The van der Waals surface area contributed by atoms with E-state index >= 15 is 0 Å². The molecule has 2 aromatic rings. The molecule has 3 rings (SSSR count). The number of hydrogen-bond donors (Lipinski definition) is 0. The summed E-state index contributed by atoms with van der Waals surface area (Å²) in [7, 11) is 0. The molecule has 8 heteroatoms. The Morgan fingerprint density at radius 2 is 1.80 bits per heavy atom. The summed E-state index contributed by atoms with van der Waals surface area (Å²) in [4.78, 5) is 26.5. The maximum absolute atomic E-state index is 12.6. The molecule has 0 aromatic heterocycles. The molecule has 2 amide bonds. The van der Waals surface area contributed by atoms with Crippen molar-refractivity contribution in [1.82, 2.24) is 4.90 Å². The van der Waals surface area contributed by atoms with E-state index in [1.54, 1.807) is 48.5 Å². The van der Waals surface area contributed by atoms with Gasteiger partial charge in [0.15, 0.2) is 4.32 Å². The van der Waals surface area contributed by atoms with E-state index in [9.17, 15) is 9.59 Å². The van der Waals surface area contributed by atoms with Crippen LogP contribution in [0.15, 0.2) is 47.4 Å². The van der Waals surface area contributed by atoms with Crippen LogP contribution in [0.4, 0.5) is 0 Å². The molecule has 0 spiro atoms. The largest absolute Gasteiger partial charge is 0.273 e. The van der Waals surface area contributed by atoms with Gasteiger partial charge in [0.05, 0.1) is 15.5 Å². The first-order chi connectivity index (χ1) is 11.9. The number of thiocarbonyl (C=S) groups is 1. The summed E-state index contributed by atoms with van der Waals surface area (Å²) in [5.74, 6) is -1.07. The van der Waals surface area contributed by atoms with E-state index in [1.807, 2.05) is 0 Å². The molecule has 0 saturated carbocycles. The Kier molecular flexibility index (Phi) is 5.51. The van der Waals surface area contributed by atoms with Crippen molar-refractivity contribution >= 4 is 81.0 Å². The number of hydrogen-bond acceptors (Lipinski definition) is 4. The van der Waals surface area contributed by atoms with Crippen LogP contribution < -0.4 is 0 Å². The second kappa shape index (κ2) is 7.48. The van der Waals surface area contributed by atoms with Crippen molar-refractivity contribution in [2.24, 2.45) is 0 Å². The lowest BCUT2D eigenvalue weighted by molar-refractivity contribution is -0.120. The van der Waals surface area contributed by atoms with Crippen LogP contribution in [-0.2, 0) is 4.79 Å². The fraction of sp³-hybridized carbons (Fsp3) is 0. The first kappa shape index (κ1) is 18.4. The highest BCUT2D eigenvalue weighted by Gasteiger charge is 2.38. The molecule has 0 aliphatic carbocycles. The Labute approximate surface area is 168 Å². The van der Waals surface area contributed by atoms with Gasteiger partial charge in [-0.15, -0.1) is 0 Å². The predicted molar refractivity (Wildman–Crippen MR) is 107 cm³/mol. The van der Waals surface area contributed by atoms with Gasteiger partial charge in [0, 0.05) is 10.0 Å². The minimum Gasteiger partial charge on any atom is -0.268 e. The fourth-order valence-corrected chi connectivity index (χ4v) is 4.08. The molecular formula is C17H8Cl3NO2S2. The van der Waals surface area contributed by atoms with Gasteiger partial charge in [-0.3, -0.25) is 9.59 Å². The quantitative estimate of drug-likeness (QED) is 0.350. The standard InChI is InChI=1S/C17H8Cl3NO2S2/c18-10-6-5-9(13(20)8-10)7-14-16(23)21(17(24)25-14)15(22)11-3-1-2-4-12(11)19/h1-8H/b14-7+. The number of nitrogens with zero attached hydrogens (tertiary/aromatic N) is 1. The van der Waals surface area contributed by atoms with Crippen molar-refractivity contribution < 1.29 is 9.59 Å². The Morgan fingerprint density at radius 1 is 1.08 bits per heavy atom. The topological polar surface area (TPSA) is 37.4 Å². The maximum Gasteiger partial charge on any atom is 0.273 e. The van der Waals surface area contributed by atoms with Crippen LogP contribution in [0.25, 0.3) is 6.08 Å².